The normalized spacial score (nSPS) is 16.8. The van der Waals surface area contributed by atoms with E-state index in [2.05, 4.69) is 21.2 Å². The monoisotopic (exact) mass is 476 g/mol. The van der Waals surface area contributed by atoms with Gasteiger partial charge in [0.2, 0.25) is 0 Å². The van der Waals surface area contributed by atoms with Gasteiger partial charge in [0.25, 0.3) is 11.8 Å². The Balaban J connectivity index is 1.92. The van der Waals surface area contributed by atoms with Crippen LogP contribution in [0.25, 0.3) is 6.08 Å². The predicted molar refractivity (Wildman–Crippen MR) is 117 cm³/mol. The molecule has 1 N–H and O–H groups in total. The summed E-state index contributed by atoms with van der Waals surface area (Å²) in [4.78, 5) is 26.5. The maximum Gasteiger partial charge on any atom is 0.270 e. The van der Waals surface area contributed by atoms with Gasteiger partial charge in [-0.25, -0.2) is 4.39 Å². The van der Waals surface area contributed by atoms with Crippen LogP contribution in [0.3, 0.4) is 0 Å². The lowest BCUT2D eigenvalue weighted by Crippen LogP contribution is -2.54. The molecule has 0 spiro atoms. The third-order valence-corrected chi connectivity index (χ3v) is 5.26. The Hall–Kier alpha value is -2.58. The number of nitrogens with zero attached hydrogens (tertiary/aromatic N) is 1. The summed E-state index contributed by atoms with van der Waals surface area (Å²) in [7, 11) is 0. The van der Waals surface area contributed by atoms with Crippen LogP contribution in [-0.4, -0.2) is 23.0 Å². The lowest BCUT2D eigenvalue weighted by molar-refractivity contribution is -0.122. The zero-order chi connectivity index (χ0) is 21.1. The first kappa shape index (κ1) is 21.1. The minimum absolute atomic E-state index is 0.0535. The predicted octanol–water partition coefficient (Wildman–Crippen LogP) is 4.60. The second-order valence-corrected chi connectivity index (χ2v) is 7.70. The van der Waals surface area contributed by atoms with Crippen LogP contribution in [0.2, 0.25) is 0 Å². The molecule has 0 bridgehead atoms. The highest BCUT2D eigenvalue weighted by Crippen LogP contribution is 2.29. The summed E-state index contributed by atoms with van der Waals surface area (Å²) in [5.41, 5.74) is 0.926. The number of rotatable bonds is 5. The number of carbonyl (C=O) groups excluding carboxylic acids is 2. The van der Waals surface area contributed by atoms with Gasteiger partial charge in [0.05, 0.1) is 16.3 Å². The van der Waals surface area contributed by atoms with Gasteiger partial charge in [-0.2, -0.15) is 0 Å². The van der Waals surface area contributed by atoms with Gasteiger partial charge in [-0.15, -0.1) is 0 Å². The van der Waals surface area contributed by atoms with Gasteiger partial charge in [-0.05, 0) is 89.5 Å². The summed E-state index contributed by atoms with van der Waals surface area (Å²) in [6.45, 7) is 4.00. The number of anilines is 1. The molecular weight excluding hydrogens is 459 g/mol. The maximum absolute atomic E-state index is 13.2. The standard InChI is InChI=1S/C21H18BrFN2O3S/c1-3-12(2)28-18-9-4-13(11-17(18)22)10-16-19(26)24-21(29)25(20(16)27)15-7-5-14(23)6-8-15/h4-12H,3H2,1-2H3,(H,24,26,29)/b16-10-/t12-/m1/s1. The summed E-state index contributed by atoms with van der Waals surface area (Å²) in [6.07, 6.45) is 2.41. The summed E-state index contributed by atoms with van der Waals surface area (Å²) in [6, 6.07) is 10.6. The smallest absolute Gasteiger partial charge is 0.270 e. The first-order valence-corrected chi connectivity index (χ1v) is 10.1. The van der Waals surface area contributed by atoms with Crippen LogP contribution in [0.5, 0.6) is 5.75 Å². The van der Waals surface area contributed by atoms with E-state index in [0.29, 0.717) is 21.5 Å². The summed E-state index contributed by atoms with van der Waals surface area (Å²) >= 11 is 8.59. The summed E-state index contributed by atoms with van der Waals surface area (Å²) in [5, 5.41) is 2.45. The molecule has 2 amide bonds. The van der Waals surface area contributed by atoms with Crippen molar-refractivity contribution in [2.45, 2.75) is 26.4 Å². The fourth-order valence-corrected chi connectivity index (χ4v) is 3.42. The molecule has 0 aliphatic carbocycles. The van der Waals surface area contributed by atoms with Crippen molar-refractivity contribution in [1.29, 1.82) is 0 Å². The van der Waals surface area contributed by atoms with Crippen molar-refractivity contribution in [2.75, 3.05) is 4.90 Å². The third kappa shape index (κ3) is 4.71. The molecular formula is C21H18BrFN2O3S. The van der Waals surface area contributed by atoms with E-state index >= 15 is 0 Å². The number of carbonyl (C=O) groups is 2. The SMILES string of the molecule is CC[C@@H](C)Oc1ccc(/C=C2/C(=O)NC(=S)N(c3ccc(F)cc3)C2=O)cc1Br. The molecule has 0 radical (unpaired) electrons. The first-order valence-electron chi connectivity index (χ1n) is 8.93. The van der Waals surface area contributed by atoms with Crippen molar-refractivity contribution >= 4 is 56.8 Å². The van der Waals surface area contributed by atoms with Gasteiger partial charge in [0, 0.05) is 0 Å². The van der Waals surface area contributed by atoms with Crippen LogP contribution in [0.15, 0.2) is 52.5 Å². The molecule has 2 aromatic carbocycles. The fraction of sp³-hybridized carbons (Fsp3) is 0.190. The van der Waals surface area contributed by atoms with E-state index in [-0.39, 0.29) is 16.8 Å². The van der Waals surface area contributed by atoms with Gasteiger partial charge >= 0.3 is 0 Å². The number of hydrogen-bond acceptors (Lipinski definition) is 4. The molecule has 1 aliphatic rings. The van der Waals surface area contributed by atoms with Gasteiger partial charge in [-0.1, -0.05) is 13.0 Å². The molecule has 0 saturated carbocycles. The van der Waals surface area contributed by atoms with Gasteiger partial charge in [0.1, 0.15) is 17.1 Å². The highest BCUT2D eigenvalue weighted by Gasteiger charge is 2.34. The average Bonchev–Trinajstić information content (AvgIpc) is 2.68. The molecule has 1 aliphatic heterocycles. The molecule has 1 saturated heterocycles. The van der Waals surface area contributed by atoms with Crippen LogP contribution in [0.1, 0.15) is 25.8 Å². The molecule has 1 atom stereocenters. The number of hydrogen-bond donors (Lipinski definition) is 1. The van der Waals surface area contributed by atoms with E-state index in [1.165, 1.54) is 30.3 Å². The summed E-state index contributed by atoms with van der Waals surface area (Å²) in [5.74, 6) is -0.931. The highest BCUT2D eigenvalue weighted by molar-refractivity contribution is 9.10. The first-order chi connectivity index (χ1) is 13.8. The van der Waals surface area contributed by atoms with Gasteiger partial charge < -0.3 is 4.74 Å². The molecule has 3 rings (SSSR count). The number of halogens is 2. The van der Waals surface area contributed by atoms with E-state index in [0.717, 1.165) is 11.3 Å². The summed E-state index contributed by atoms with van der Waals surface area (Å²) < 4.78 is 19.7. The molecule has 0 aromatic heterocycles. The molecule has 0 unspecified atom stereocenters. The fourth-order valence-electron chi connectivity index (χ4n) is 2.65. The topological polar surface area (TPSA) is 58.6 Å². The Kier molecular flexibility index (Phi) is 6.44. The minimum Gasteiger partial charge on any atom is -0.490 e. The molecule has 29 heavy (non-hydrogen) atoms. The highest BCUT2D eigenvalue weighted by atomic mass is 79.9. The van der Waals surface area contributed by atoms with Crippen molar-refractivity contribution < 1.29 is 18.7 Å². The zero-order valence-corrected chi connectivity index (χ0v) is 18.1. The van der Waals surface area contributed by atoms with Crippen molar-refractivity contribution in [1.82, 2.24) is 5.32 Å². The lowest BCUT2D eigenvalue weighted by Gasteiger charge is -2.28. The van der Waals surface area contributed by atoms with Crippen LogP contribution in [0.4, 0.5) is 10.1 Å². The number of thiocarbonyl (C=S) groups is 1. The Bertz CT molecular complexity index is 1010. The van der Waals surface area contributed by atoms with E-state index in [4.69, 9.17) is 17.0 Å². The van der Waals surface area contributed by atoms with Gasteiger partial charge in [0.15, 0.2) is 5.11 Å². The molecule has 150 valence electrons. The minimum atomic E-state index is -0.589. The van der Waals surface area contributed by atoms with Crippen LogP contribution in [-0.2, 0) is 9.59 Å². The van der Waals surface area contributed by atoms with Crippen molar-refractivity contribution in [3.63, 3.8) is 0 Å². The van der Waals surface area contributed by atoms with Crippen molar-refractivity contribution in [3.8, 4) is 5.75 Å². The Morgan fingerprint density at radius 1 is 1.24 bits per heavy atom. The van der Waals surface area contributed by atoms with E-state index in [1.807, 2.05) is 13.8 Å². The van der Waals surface area contributed by atoms with Crippen LogP contribution >= 0.6 is 28.1 Å². The third-order valence-electron chi connectivity index (χ3n) is 4.36. The molecule has 5 nitrogen and oxygen atoms in total. The molecule has 8 heteroatoms. The number of benzene rings is 2. The van der Waals surface area contributed by atoms with E-state index in [1.54, 1.807) is 18.2 Å². The van der Waals surface area contributed by atoms with Crippen LogP contribution in [0, 0.1) is 5.82 Å². The van der Waals surface area contributed by atoms with E-state index < -0.39 is 17.6 Å². The number of ether oxygens (including phenoxy) is 1. The molecule has 2 aromatic rings. The number of amides is 2. The zero-order valence-electron chi connectivity index (χ0n) is 15.7. The van der Waals surface area contributed by atoms with Crippen molar-refractivity contribution in [2.24, 2.45) is 0 Å². The molecule has 1 fully saturated rings. The second-order valence-electron chi connectivity index (χ2n) is 6.46. The quantitative estimate of drug-likeness (QED) is 0.389. The van der Waals surface area contributed by atoms with E-state index in [9.17, 15) is 14.0 Å². The molecule has 1 heterocycles. The Labute approximate surface area is 181 Å². The largest absolute Gasteiger partial charge is 0.490 e. The van der Waals surface area contributed by atoms with Crippen LogP contribution < -0.4 is 15.0 Å². The Morgan fingerprint density at radius 2 is 1.93 bits per heavy atom. The number of nitrogens with one attached hydrogen (secondary N) is 1. The Morgan fingerprint density at radius 3 is 2.55 bits per heavy atom. The van der Waals surface area contributed by atoms with Crippen molar-refractivity contribution in [3.05, 3.63) is 63.9 Å². The lowest BCUT2D eigenvalue weighted by atomic mass is 10.1. The van der Waals surface area contributed by atoms with Gasteiger partial charge in [-0.3, -0.25) is 19.8 Å². The maximum atomic E-state index is 13.2. The average molecular weight is 477 g/mol. The second kappa shape index (κ2) is 8.84.